The van der Waals surface area contributed by atoms with Crippen LogP contribution in [0.25, 0.3) is 0 Å². The van der Waals surface area contributed by atoms with E-state index in [1.165, 1.54) is 17.0 Å². The smallest absolute Gasteiger partial charge is 0.0954 e. The number of imidazole rings is 1. The molecule has 1 atom stereocenters. The van der Waals surface area contributed by atoms with E-state index in [0.717, 1.165) is 13.0 Å². The van der Waals surface area contributed by atoms with Gasteiger partial charge in [-0.25, -0.2) is 4.98 Å². The summed E-state index contributed by atoms with van der Waals surface area (Å²) in [5.74, 6) is 0. The van der Waals surface area contributed by atoms with Crippen molar-refractivity contribution in [3.05, 3.63) is 53.6 Å². The van der Waals surface area contributed by atoms with Gasteiger partial charge < -0.3 is 9.88 Å². The Morgan fingerprint density at radius 3 is 2.78 bits per heavy atom. The van der Waals surface area contributed by atoms with Crippen LogP contribution < -0.4 is 5.32 Å². The summed E-state index contributed by atoms with van der Waals surface area (Å²) in [5, 5.41) is 3.57. The van der Waals surface area contributed by atoms with Gasteiger partial charge in [0, 0.05) is 24.7 Å². The number of nitrogens with one attached hydrogen (secondary N) is 1. The normalized spacial score (nSPS) is 18.9. The fourth-order valence-corrected chi connectivity index (χ4v) is 2.70. The van der Waals surface area contributed by atoms with Crippen molar-refractivity contribution in [2.75, 3.05) is 6.54 Å². The van der Waals surface area contributed by atoms with Gasteiger partial charge in [-0.15, -0.1) is 0 Å². The van der Waals surface area contributed by atoms with Gasteiger partial charge in [0.2, 0.25) is 0 Å². The molecule has 94 valence electrons. The Kier molecular flexibility index (Phi) is 2.92. The Labute approximate surface area is 108 Å². The molecule has 1 aliphatic heterocycles. The SMILES string of the molecule is CC(C)n1cnc2c1CCNC2c1ccccc1. The first kappa shape index (κ1) is 11.5. The average molecular weight is 241 g/mol. The Balaban J connectivity index is 2.03. The van der Waals surface area contributed by atoms with Crippen LogP contribution in [0, 0.1) is 0 Å². The Hall–Kier alpha value is -1.61. The lowest BCUT2D eigenvalue weighted by Gasteiger charge is -2.25. The van der Waals surface area contributed by atoms with Crippen molar-refractivity contribution in [2.24, 2.45) is 0 Å². The number of aromatic nitrogens is 2. The van der Waals surface area contributed by atoms with Gasteiger partial charge >= 0.3 is 0 Å². The molecule has 0 saturated heterocycles. The molecule has 3 nitrogen and oxygen atoms in total. The van der Waals surface area contributed by atoms with Crippen LogP contribution in [0.15, 0.2) is 36.7 Å². The molecular formula is C15H19N3. The fraction of sp³-hybridized carbons (Fsp3) is 0.400. The number of benzene rings is 1. The predicted octanol–water partition coefficient (Wildman–Crippen LogP) is 2.70. The van der Waals surface area contributed by atoms with Gasteiger partial charge in [-0.3, -0.25) is 0 Å². The highest BCUT2D eigenvalue weighted by Crippen LogP contribution is 2.28. The maximum Gasteiger partial charge on any atom is 0.0954 e. The molecule has 1 N–H and O–H groups in total. The number of rotatable bonds is 2. The highest BCUT2D eigenvalue weighted by Gasteiger charge is 2.25. The average Bonchev–Trinajstić information content (AvgIpc) is 2.83. The van der Waals surface area contributed by atoms with Crippen LogP contribution in [0.2, 0.25) is 0 Å². The predicted molar refractivity (Wildman–Crippen MR) is 72.6 cm³/mol. The van der Waals surface area contributed by atoms with Crippen LogP contribution in [0.1, 0.15) is 42.9 Å². The topological polar surface area (TPSA) is 29.9 Å². The van der Waals surface area contributed by atoms with Crippen molar-refractivity contribution in [3.8, 4) is 0 Å². The van der Waals surface area contributed by atoms with Gasteiger partial charge in [0.25, 0.3) is 0 Å². The van der Waals surface area contributed by atoms with Crippen LogP contribution in [-0.4, -0.2) is 16.1 Å². The molecule has 0 radical (unpaired) electrons. The molecule has 18 heavy (non-hydrogen) atoms. The molecule has 2 heterocycles. The van der Waals surface area contributed by atoms with E-state index in [-0.39, 0.29) is 6.04 Å². The molecule has 2 aromatic rings. The molecule has 0 bridgehead atoms. The molecule has 1 aliphatic rings. The highest BCUT2D eigenvalue weighted by atomic mass is 15.1. The zero-order chi connectivity index (χ0) is 12.5. The van der Waals surface area contributed by atoms with Crippen LogP contribution in [-0.2, 0) is 6.42 Å². The quantitative estimate of drug-likeness (QED) is 0.876. The number of hydrogen-bond acceptors (Lipinski definition) is 2. The Morgan fingerprint density at radius 1 is 1.28 bits per heavy atom. The van der Waals surface area contributed by atoms with Crippen molar-refractivity contribution < 1.29 is 0 Å². The molecule has 1 unspecified atom stereocenters. The van der Waals surface area contributed by atoms with Gasteiger partial charge in [-0.1, -0.05) is 30.3 Å². The third kappa shape index (κ3) is 1.85. The summed E-state index contributed by atoms with van der Waals surface area (Å²) >= 11 is 0. The summed E-state index contributed by atoms with van der Waals surface area (Å²) in [6, 6.07) is 11.3. The Morgan fingerprint density at radius 2 is 2.06 bits per heavy atom. The van der Waals surface area contributed by atoms with E-state index >= 15 is 0 Å². The van der Waals surface area contributed by atoms with Crippen molar-refractivity contribution in [2.45, 2.75) is 32.4 Å². The lowest BCUT2D eigenvalue weighted by Crippen LogP contribution is -2.31. The molecule has 3 rings (SSSR count). The first-order chi connectivity index (χ1) is 8.77. The lowest BCUT2D eigenvalue weighted by molar-refractivity contribution is 0.513. The van der Waals surface area contributed by atoms with Gasteiger partial charge in [0.05, 0.1) is 18.1 Å². The molecule has 3 heteroatoms. The summed E-state index contributed by atoms with van der Waals surface area (Å²) in [4.78, 5) is 4.64. The molecular weight excluding hydrogens is 222 g/mol. The van der Waals surface area contributed by atoms with Crippen molar-refractivity contribution in [3.63, 3.8) is 0 Å². The van der Waals surface area contributed by atoms with Crippen molar-refractivity contribution >= 4 is 0 Å². The number of hydrogen-bond donors (Lipinski definition) is 1. The maximum absolute atomic E-state index is 4.64. The van der Waals surface area contributed by atoms with Crippen molar-refractivity contribution in [1.82, 2.24) is 14.9 Å². The van der Waals surface area contributed by atoms with Crippen LogP contribution in [0.5, 0.6) is 0 Å². The van der Waals surface area contributed by atoms with Gasteiger partial charge in [0.1, 0.15) is 0 Å². The van der Waals surface area contributed by atoms with Crippen molar-refractivity contribution in [1.29, 1.82) is 0 Å². The first-order valence-corrected chi connectivity index (χ1v) is 6.61. The maximum atomic E-state index is 4.64. The molecule has 0 saturated carbocycles. The van der Waals surface area contributed by atoms with Crippen LogP contribution in [0.4, 0.5) is 0 Å². The molecule has 0 fully saturated rings. The van der Waals surface area contributed by atoms with Crippen LogP contribution >= 0.6 is 0 Å². The van der Waals surface area contributed by atoms with Crippen LogP contribution in [0.3, 0.4) is 0 Å². The third-order valence-electron chi connectivity index (χ3n) is 3.60. The van der Waals surface area contributed by atoms with Gasteiger partial charge in [-0.2, -0.15) is 0 Å². The Bertz CT molecular complexity index is 528. The zero-order valence-electron chi connectivity index (χ0n) is 10.9. The molecule has 0 aliphatic carbocycles. The molecule has 1 aromatic heterocycles. The summed E-state index contributed by atoms with van der Waals surface area (Å²) in [6.07, 6.45) is 3.05. The minimum atomic E-state index is 0.245. The minimum absolute atomic E-state index is 0.245. The second-order valence-corrected chi connectivity index (χ2v) is 5.13. The monoisotopic (exact) mass is 241 g/mol. The summed E-state index contributed by atoms with van der Waals surface area (Å²) in [7, 11) is 0. The van der Waals surface area contributed by atoms with E-state index in [1.54, 1.807) is 0 Å². The largest absolute Gasteiger partial charge is 0.332 e. The second kappa shape index (κ2) is 4.58. The fourth-order valence-electron chi connectivity index (χ4n) is 2.70. The van der Waals surface area contributed by atoms with E-state index in [0.29, 0.717) is 6.04 Å². The van der Waals surface area contributed by atoms with E-state index in [9.17, 15) is 0 Å². The molecule has 0 spiro atoms. The van der Waals surface area contributed by atoms with E-state index < -0.39 is 0 Å². The summed E-state index contributed by atoms with van der Waals surface area (Å²) < 4.78 is 2.30. The third-order valence-corrected chi connectivity index (χ3v) is 3.60. The molecule has 1 aromatic carbocycles. The number of nitrogens with zero attached hydrogens (tertiary/aromatic N) is 2. The van der Waals surface area contributed by atoms with E-state index in [4.69, 9.17) is 0 Å². The number of fused-ring (bicyclic) bond motifs is 1. The lowest BCUT2D eigenvalue weighted by atomic mass is 9.98. The van der Waals surface area contributed by atoms with Gasteiger partial charge in [-0.05, 0) is 19.4 Å². The highest BCUT2D eigenvalue weighted by molar-refractivity contribution is 5.32. The second-order valence-electron chi connectivity index (χ2n) is 5.13. The first-order valence-electron chi connectivity index (χ1n) is 6.61. The molecule has 0 amide bonds. The van der Waals surface area contributed by atoms with E-state index in [1.807, 2.05) is 6.33 Å². The standard InChI is InChI=1S/C15H19N3/c1-11(2)18-10-17-15-13(18)8-9-16-14(15)12-6-4-3-5-7-12/h3-7,10-11,14,16H,8-9H2,1-2H3. The zero-order valence-corrected chi connectivity index (χ0v) is 10.9. The minimum Gasteiger partial charge on any atom is -0.332 e. The van der Waals surface area contributed by atoms with Gasteiger partial charge in [0.15, 0.2) is 0 Å². The van der Waals surface area contributed by atoms with E-state index in [2.05, 4.69) is 59.0 Å². The summed E-state index contributed by atoms with van der Waals surface area (Å²) in [5.41, 5.74) is 3.88. The summed E-state index contributed by atoms with van der Waals surface area (Å²) in [6.45, 7) is 5.44.